The van der Waals surface area contributed by atoms with E-state index in [1.807, 2.05) is 6.92 Å². The van der Waals surface area contributed by atoms with Crippen LogP contribution >= 0.6 is 0 Å². The molecule has 0 fully saturated rings. The Morgan fingerprint density at radius 1 is 1.22 bits per heavy atom. The summed E-state index contributed by atoms with van der Waals surface area (Å²) in [6, 6.07) is 0. The summed E-state index contributed by atoms with van der Waals surface area (Å²) >= 11 is 0. The van der Waals surface area contributed by atoms with Gasteiger partial charge in [0, 0.05) is 13.0 Å². The predicted molar refractivity (Wildman–Crippen MR) is 75.3 cm³/mol. The van der Waals surface area contributed by atoms with E-state index in [1.165, 1.54) is 0 Å². The second-order valence-corrected chi connectivity index (χ2v) is 4.90. The van der Waals surface area contributed by atoms with E-state index in [1.54, 1.807) is 0 Å². The van der Waals surface area contributed by atoms with Crippen molar-refractivity contribution in [3.63, 3.8) is 0 Å². The van der Waals surface area contributed by atoms with Crippen molar-refractivity contribution in [3.8, 4) is 5.88 Å². The second kappa shape index (κ2) is 7.19. The van der Waals surface area contributed by atoms with E-state index in [2.05, 4.69) is 43.0 Å². The highest BCUT2D eigenvalue weighted by molar-refractivity contribution is 5.48. The molecule has 1 N–H and O–H groups in total. The number of rotatable bonds is 7. The van der Waals surface area contributed by atoms with Crippen molar-refractivity contribution >= 4 is 5.82 Å². The van der Waals surface area contributed by atoms with Crippen molar-refractivity contribution in [1.29, 1.82) is 0 Å². The normalized spacial score (nSPS) is 10.8. The highest BCUT2D eigenvalue weighted by Gasteiger charge is 2.11. The van der Waals surface area contributed by atoms with Crippen molar-refractivity contribution < 1.29 is 4.74 Å². The molecule has 0 aliphatic heterocycles. The van der Waals surface area contributed by atoms with E-state index in [-0.39, 0.29) is 0 Å². The molecule has 1 heterocycles. The molecule has 1 aromatic heterocycles. The summed E-state index contributed by atoms with van der Waals surface area (Å²) in [4.78, 5) is 8.97. The zero-order chi connectivity index (χ0) is 13.5. The maximum atomic E-state index is 5.77. The third-order valence-electron chi connectivity index (χ3n) is 2.56. The van der Waals surface area contributed by atoms with Crippen LogP contribution in [0.4, 0.5) is 5.82 Å². The van der Waals surface area contributed by atoms with Crippen LogP contribution in [0, 0.1) is 12.8 Å². The van der Waals surface area contributed by atoms with Crippen LogP contribution in [0.1, 0.15) is 45.5 Å². The molecule has 0 saturated heterocycles. The highest BCUT2D eigenvalue weighted by atomic mass is 16.5. The Balaban J connectivity index is 2.92. The lowest BCUT2D eigenvalue weighted by atomic mass is 10.2. The molecule has 4 heteroatoms. The number of nitrogens with one attached hydrogen (secondary N) is 1. The van der Waals surface area contributed by atoms with Crippen molar-refractivity contribution in [2.24, 2.45) is 5.92 Å². The summed E-state index contributed by atoms with van der Waals surface area (Å²) in [5, 5.41) is 3.33. The van der Waals surface area contributed by atoms with Gasteiger partial charge in [-0.05, 0) is 19.3 Å². The quantitative estimate of drug-likeness (QED) is 0.808. The maximum Gasteiger partial charge on any atom is 0.221 e. The molecule has 0 saturated carbocycles. The highest BCUT2D eigenvalue weighted by Crippen LogP contribution is 2.22. The molecule has 0 unspecified atom stereocenters. The summed E-state index contributed by atoms with van der Waals surface area (Å²) < 4.78 is 5.77. The van der Waals surface area contributed by atoms with Gasteiger partial charge in [-0.25, -0.2) is 4.98 Å². The van der Waals surface area contributed by atoms with Crippen LogP contribution in [0.2, 0.25) is 0 Å². The van der Waals surface area contributed by atoms with Crippen molar-refractivity contribution in [1.82, 2.24) is 9.97 Å². The minimum Gasteiger partial charge on any atom is -0.477 e. The SMILES string of the molecule is CCCNc1nc(CC)nc(OCC(C)C)c1C. The van der Waals surface area contributed by atoms with Gasteiger partial charge in [0.2, 0.25) is 5.88 Å². The van der Waals surface area contributed by atoms with Crippen LogP contribution in [0.3, 0.4) is 0 Å². The van der Waals surface area contributed by atoms with Crippen molar-refractivity contribution in [2.45, 2.75) is 47.5 Å². The van der Waals surface area contributed by atoms with Gasteiger partial charge in [-0.3, -0.25) is 0 Å². The molecule has 1 aromatic rings. The van der Waals surface area contributed by atoms with Crippen LogP contribution in [-0.2, 0) is 6.42 Å². The fraction of sp³-hybridized carbons (Fsp3) is 0.714. The van der Waals surface area contributed by atoms with Crippen LogP contribution in [0.15, 0.2) is 0 Å². The fourth-order valence-electron chi connectivity index (χ4n) is 1.50. The monoisotopic (exact) mass is 251 g/mol. The van der Waals surface area contributed by atoms with Gasteiger partial charge in [-0.2, -0.15) is 4.98 Å². The van der Waals surface area contributed by atoms with E-state index in [9.17, 15) is 0 Å². The number of anilines is 1. The Bertz CT molecular complexity index is 378. The van der Waals surface area contributed by atoms with Gasteiger partial charge in [-0.1, -0.05) is 27.7 Å². The standard InChI is InChI=1S/C14H25N3O/c1-6-8-15-13-11(5)14(18-9-10(3)4)17-12(7-2)16-13/h10H,6-9H2,1-5H3,(H,15,16,17). The molecule has 1 rings (SSSR count). The van der Waals surface area contributed by atoms with E-state index >= 15 is 0 Å². The third kappa shape index (κ3) is 4.17. The van der Waals surface area contributed by atoms with Gasteiger partial charge in [0.1, 0.15) is 11.6 Å². The first-order valence-corrected chi connectivity index (χ1v) is 6.82. The molecule has 4 nitrogen and oxygen atoms in total. The minimum atomic E-state index is 0.497. The van der Waals surface area contributed by atoms with Crippen molar-refractivity contribution in [3.05, 3.63) is 11.4 Å². The Morgan fingerprint density at radius 3 is 2.50 bits per heavy atom. The number of nitrogens with zero attached hydrogens (tertiary/aromatic N) is 2. The van der Waals surface area contributed by atoms with E-state index in [0.717, 1.165) is 36.6 Å². The average molecular weight is 251 g/mol. The smallest absolute Gasteiger partial charge is 0.221 e. The largest absolute Gasteiger partial charge is 0.477 e. The van der Waals surface area contributed by atoms with Gasteiger partial charge < -0.3 is 10.1 Å². The first kappa shape index (κ1) is 14.7. The predicted octanol–water partition coefficient (Wildman–Crippen LogP) is 3.20. The Hall–Kier alpha value is -1.32. The summed E-state index contributed by atoms with van der Waals surface area (Å²) in [5.41, 5.74) is 1.00. The lowest BCUT2D eigenvalue weighted by molar-refractivity contribution is 0.258. The molecule has 0 aromatic carbocycles. The summed E-state index contributed by atoms with van der Waals surface area (Å²) in [7, 11) is 0. The van der Waals surface area contributed by atoms with Crippen LogP contribution in [-0.4, -0.2) is 23.1 Å². The molecule has 0 amide bonds. The summed E-state index contributed by atoms with van der Waals surface area (Å²) in [5.74, 6) is 2.95. The first-order chi connectivity index (χ1) is 8.58. The third-order valence-corrected chi connectivity index (χ3v) is 2.56. The molecule has 102 valence electrons. The van der Waals surface area contributed by atoms with E-state index < -0.39 is 0 Å². The average Bonchev–Trinajstić information content (AvgIpc) is 2.35. The maximum absolute atomic E-state index is 5.77. The topological polar surface area (TPSA) is 47.0 Å². The molecular formula is C14H25N3O. The molecule has 0 radical (unpaired) electrons. The summed E-state index contributed by atoms with van der Waals surface area (Å²) in [6.45, 7) is 12.1. The van der Waals surface area contributed by atoms with Crippen LogP contribution < -0.4 is 10.1 Å². The van der Waals surface area contributed by atoms with Gasteiger partial charge in [0.15, 0.2) is 0 Å². The molecule has 0 aliphatic carbocycles. The zero-order valence-electron chi connectivity index (χ0n) is 12.2. The lowest BCUT2D eigenvalue weighted by Gasteiger charge is -2.14. The Kier molecular flexibility index (Phi) is 5.89. The van der Waals surface area contributed by atoms with Crippen LogP contribution in [0.25, 0.3) is 0 Å². The molecular weight excluding hydrogens is 226 g/mol. The number of hydrogen-bond donors (Lipinski definition) is 1. The van der Waals surface area contributed by atoms with Crippen LogP contribution in [0.5, 0.6) is 5.88 Å². The zero-order valence-corrected chi connectivity index (χ0v) is 12.2. The molecule has 0 bridgehead atoms. The van der Waals surface area contributed by atoms with E-state index in [4.69, 9.17) is 4.74 Å². The van der Waals surface area contributed by atoms with Gasteiger partial charge in [-0.15, -0.1) is 0 Å². The minimum absolute atomic E-state index is 0.497. The number of aromatic nitrogens is 2. The Morgan fingerprint density at radius 2 is 1.94 bits per heavy atom. The van der Waals surface area contributed by atoms with Crippen molar-refractivity contribution in [2.75, 3.05) is 18.5 Å². The number of ether oxygens (including phenoxy) is 1. The molecule has 0 spiro atoms. The van der Waals surface area contributed by atoms with Gasteiger partial charge in [0.05, 0.1) is 12.2 Å². The molecule has 0 atom stereocenters. The first-order valence-electron chi connectivity index (χ1n) is 6.82. The second-order valence-electron chi connectivity index (χ2n) is 4.90. The molecule has 0 aliphatic rings. The lowest BCUT2D eigenvalue weighted by Crippen LogP contribution is -2.12. The Labute approximate surface area is 110 Å². The van der Waals surface area contributed by atoms with Gasteiger partial charge in [0.25, 0.3) is 0 Å². The molecule has 18 heavy (non-hydrogen) atoms. The van der Waals surface area contributed by atoms with Gasteiger partial charge >= 0.3 is 0 Å². The number of hydrogen-bond acceptors (Lipinski definition) is 4. The summed E-state index contributed by atoms with van der Waals surface area (Å²) in [6.07, 6.45) is 1.90. The van der Waals surface area contributed by atoms with E-state index in [0.29, 0.717) is 18.4 Å². The number of aryl methyl sites for hydroxylation is 1. The fourth-order valence-corrected chi connectivity index (χ4v) is 1.50.